The summed E-state index contributed by atoms with van der Waals surface area (Å²) in [5.41, 5.74) is 2.05. The zero-order chi connectivity index (χ0) is 18.4. The van der Waals surface area contributed by atoms with Gasteiger partial charge in [0.15, 0.2) is 11.8 Å². The average Bonchev–Trinajstić information content (AvgIpc) is 3.20. The number of hydrogen-bond acceptors (Lipinski definition) is 5. The standard InChI is InChI=1S/C19H25N5O2/c1-4-20-19(21-11-7-10-18-23-14(3)24-26-18)22-12-17-13(2)15-8-5-6-9-16(15)25-17/h5-6,8-9H,4,7,10-12H2,1-3H3,(H2,20,21,22). The minimum atomic E-state index is 0.499. The summed E-state index contributed by atoms with van der Waals surface area (Å²) in [5.74, 6) is 3.01. The molecule has 0 fully saturated rings. The lowest BCUT2D eigenvalue weighted by Gasteiger charge is -2.10. The zero-order valence-corrected chi connectivity index (χ0v) is 15.5. The monoisotopic (exact) mass is 355 g/mol. The van der Waals surface area contributed by atoms with Gasteiger partial charge < -0.3 is 19.6 Å². The van der Waals surface area contributed by atoms with E-state index < -0.39 is 0 Å². The molecule has 0 aliphatic heterocycles. The number of aryl methyl sites for hydroxylation is 3. The lowest BCUT2D eigenvalue weighted by molar-refractivity contribution is 0.372. The molecule has 0 amide bonds. The quantitative estimate of drug-likeness (QED) is 0.385. The van der Waals surface area contributed by atoms with Gasteiger partial charge in [-0.05, 0) is 33.3 Å². The largest absolute Gasteiger partial charge is 0.459 e. The Morgan fingerprint density at radius 1 is 1.19 bits per heavy atom. The van der Waals surface area contributed by atoms with Crippen LogP contribution in [-0.2, 0) is 13.0 Å². The summed E-state index contributed by atoms with van der Waals surface area (Å²) in [7, 11) is 0. The number of hydrogen-bond donors (Lipinski definition) is 2. The van der Waals surface area contributed by atoms with Gasteiger partial charge in [-0.15, -0.1) is 0 Å². The van der Waals surface area contributed by atoms with Crippen LogP contribution in [0.15, 0.2) is 38.2 Å². The molecule has 7 heteroatoms. The third kappa shape index (κ3) is 4.41. The zero-order valence-electron chi connectivity index (χ0n) is 15.5. The molecule has 0 aliphatic carbocycles. The number of nitrogens with one attached hydrogen (secondary N) is 2. The number of nitrogens with zero attached hydrogens (tertiary/aromatic N) is 3. The highest BCUT2D eigenvalue weighted by Crippen LogP contribution is 2.25. The van der Waals surface area contributed by atoms with Gasteiger partial charge >= 0.3 is 0 Å². The Bertz CT molecular complexity index is 881. The first-order chi connectivity index (χ1) is 12.7. The highest BCUT2D eigenvalue weighted by atomic mass is 16.5. The number of aromatic nitrogens is 2. The molecule has 0 spiro atoms. The van der Waals surface area contributed by atoms with Gasteiger partial charge in [-0.25, -0.2) is 4.99 Å². The second-order valence-electron chi connectivity index (χ2n) is 6.11. The van der Waals surface area contributed by atoms with Gasteiger partial charge in [0.1, 0.15) is 17.9 Å². The number of benzene rings is 1. The van der Waals surface area contributed by atoms with Crippen LogP contribution >= 0.6 is 0 Å². The van der Waals surface area contributed by atoms with Crippen molar-refractivity contribution < 1.29 is 8.94 Å². The highest BCUT2D eigenvalue weighted by molar-refractivity contribution is 5.82. The van der Waals surface area contributed by atoms with E-state index in [1.165, 1.54) is 0 Å². The fourth-order valence-electron chi connectivity index (χ4n) is 2.76. The molecule has 7 nitrogen and oxygen atoms in total. The van der Waals surface area contributed by atoms with Gasteiger partial charge in [0.05, 0.1) is 0 Å². The molecule has 0 unspecified atom stereocenters. The Kier molecular flexibility index (Phi) is 5.88. The fraction of sp³-hybridized carbons (Fsp3) is 0.421. The topological polar surface area (TPSA) is 88.5 Å². The van der Waals surface area contributed by atoms with Crippen LogP contribution in [0.5, 0.6) is 0 Å². The minimum absolute atomic E-state index is 0.499. The molecule has 2 aromatic heterocycles. The van der Waals surface area contributed by atoms with E-state index in [9.17, 15) is 0 Å². The van der Waals surface area contributed by atoms with Crippen molar-refractivity contribution in [2.45, 2.75) is 40.2 Å². The predicted octanol–water partition coefficient (Wildman–Crippen LogP) is 3.12. The number of para-hydroxylation sites is 1. The molecule has 138 valence electrons. The van der Waals surface area contributed by atoms with Gasteiger partial charge in [-0.3, -0.25) is 0 Å². The van der Waals surface area contributed by atoms with Gasteiger partial charge in [0.25, 0.3) is 0 Å². The van der Waals surface area contributed by atoms with E-state index in [0.29, 0.717) is 18.3 Å². The summed E-state index contributed by atoms with van der Waals surface area (Å²) in [6.45, 7) is 8.01. The summed E-state index contributed by atoms with van der Waals surface area (Å²) >= 11 is 0. The number of guanidine groups is 1. The molecule has 0 aliphatic rings. The third-order valence-electron chi connectivity index (χ3n) is 4.10. The van der Waals surface area contributed by atoms with Crippen molar-refractivity contribution in [3.63, 3.8) is 0 Å². The Balaban J connectivity index is 1.56. The molecule has 0 atom stereocenters. The molecule has 0 saturated heterocycles. The number of rotatable bonds is 7. The molecule has 3 rings (SSSR count). The minimum Gasteiger partial charge on any atom is -0.459 e. The van der Waals surface area contributed by atoms with Crippen LogP contribution in [-0.4, -0.2) is 29.2 Å². The molecule has 26 heavy (non-hydrogen) atoms. The number of aliphatic imine (C=N–C) groups is 1. The van der Waals surface area contributed by atoms with Crippen molar-refractivity contribution in [3.8, 4) is 0 Å². The first-order valence-electron chi connectivity index (χ1n) is 8.95. The lowest BCUT2D eigenvalue weighted by atomic mass is 10.1. The summed E-state index contributed by atoms with van der Waals surface area (Å²) in [6, 6.07) is 8.06. The van der Waals surface area contributed by atoms with Gasteiger partial charge in [-0.2, -0.15) is 4.98 Å². The van der Waals surface area contributed by atoms with E-state index >= 15 is 0 Å². The van der Waals surface area contributed by atoms with Crippen LogP contribution in [0.25, 0.3) is 11.0 Å². The second kappa shape index (κ2) is 8.51. The molecule has 0 radical (unpaired) electrons. The van der Waals surface area contributed by atoms with Crippen molar-refractivity contribution in [1.29, 1.82) is 0 Å². The maximum atomic E-state index is 5.92. The second-order valence-corrected chi connectivity index (χ2v) is 6.11. The molecular formula is C19H25N5O2. The van der Waals surface area contributed by atoms with E-state index in [1.54, 1.807) is 0 Å². The third-order valence-corrected chi connectivity index (χ3v) is 4.10. The molecule has 0 bridgehead atoms. The van der Waals surface area contributed by atoms with E-state index in [4.69, 9.17) is 8.94 Å². The first-order valence-corrected chi connectivity index (χ1v) is 8.95. The fourth-order valence-corrected chi connectivity index (χ4v) is 2.76. The van der Waals surface area contributed by atoms with Crippen LogP contribution in [0.2, 0.25) is 0 Å². The van der Waals surface area contributed by atoms with Gasteiger partial charge in [0, 0.05) is 30.5 Å². The van der Waals surface area contributed by atoms with Crippen LogP contribution in [0, 0.1) is 13.8 Å². The van der Waals surface area contributed by atoms with Crippen LogP contribution in [0.1, 0.15) is 36.4 Å². The van der Waals surface area contributed by atoms with Crippen molar-refractivity contribution in [2.24, 2.45) is 4.99 Å². The van der Waals surface area contributed by atoms with Gasteiger partial charge in [0.2, 0.25) is 5.89 Å². The maximum Gasteiger partial charge on any atom is 0.226 e. The maximum absolute atomic E-state index is 5.92. The normalized spacial score (nSPS) is 11.9. The molecule has 2 N–H and O–H groups in total. The summed E-state index contributed by atoms with van der Waals surface area (Å²) in [4.78, 5) is 8.84. The molecule has 1 aromatic carbocycles. The van der Waals surface area contributed by atoms with E-state index in [0.717, 1.165) is 54.2 Å². The Morgan fingerprint density at radius 2 is 2.04 bits per heavy atom. The summed E-state index contributed by atoms with van der Waals surface area (Å²) in [5, 5.41) is 11.5. The lowest BCUT2D eigenvalue weighted by Crippen LogP contribution is -2.37. The summed E-state index contributed by atoms with van der Waals surface area (Å²) < 4.78 is 11.0. The average molecular weight is 355 g/mol. The van der Waals surface area contributed by atoms with Crippen LogP contribution in [0.3, 0.4) is 0 Å². The SMILES string of the molecule is CCNC(=NCc1oc2ccccc2c1C)NCCCc1nc(C)no1. The van der Waals surface area contributed by atoms with Crippen molar-refractivity contribution in [3.05, 3.63) is 47.3 Å². The van der Waals surface area contributed by atoms with Crippen LogP contribution in [0.4, 0.5) is 0 Å². The van der Waals surface area contributed by atoms with E-state index in [1.807, 2.05) is 32.0 Å². The highest BCUT2D eigenvalue weighted by Gasteiger charge is 2.09. The number of fused-ring (bicyclic) bond motifs is 1. The van der Waals surface area contributed by atoms with Crippen LogP contribution < -0.4 is 10.6 Å². The molecule has 2 heterocycles. The Labute approximate surface area is 152 Å². The predicted molar refractivity (Wildman–Crippen MR) is 101 cm³/mol. The molecular weight excluding hydrogens is 330 g/mol. The number of furan rings is 1. The molecule has 3 aromatic rings. The molecule has 0 saturated carbocycles. The summed E-state index contributed by atoms with van der Waals surface area (Å²) in [6.07, 6.45) is 1.63. The van der Waals surface area contributed by atoms with Gasteiger partial charge in [-0.1, -0.05) is 23.4 Å². The smallest absolute Gasteiger partial charge is 0.226 e. The van der Waals surface area contributed by atoms with Crippen molar-refractivity contribution >= 4 is 16.9 Å². The van der Waals surface area contributed by atoms with E-state index in [2.05, 4.69) is 38.8 Å². The first kappa shape index (κ1) is 18.0. The van der Waals surface area contributed by atoms with Crippen molar-refractivity contribution in [1.82, 2.24) is 20.8 Å². The van der Waals surface area contributed by atoms with Crippen molar-refractivity contribution in [2.75, 3.05) is 13.1 Å². The Morgan fingerprint density at radius 3 is 2.77 bits per heavy atom. The Hall–Kier alpha value is -2.83. The van der Waals surface area contributed by atoms with E-state index in [-0.39, 0.29) is 0 Å².